The van der Waals surface area contributed by atoms with Gasteiger partial charge in [0.2, 0.25) is 0 Å². The molecule has 0 aliphatic carbocycles. The van der Waals surface area contributed by atoms with Crippen molar-refractivity contribution in [3.05, 3.63) is 58.5 Å². The average Bonchev–Trinajstić information content (AvgIpc) is 2.88. The van der Waals surface area contributed by atoms with E-state index in [4.69, 9.17) is 11.6 Å². The molecule has 0 radical (unpaired) electrons. The van der Waals surface area contributed by atoms with Gasteiger partial charge in [0.15, 0.2) is 6.10 Å². The minimum absolute atomic E-state index is 0.216. The lowest BCUT2D eigenvalue weighted by Crippen LogP contribution is -2.42. The highest BCUT2D eigenvalue weighted by atomic mass is 35.5. The maximum absolute atomic E-state index is 13.4. The third-order valence-electron chi connectivity index (χ3n) is 7.24. The number of aromatic nitrogens is 1. The smallest absolute Gasteiger partial charge is 0.256 e. The third-order valence-corrected chi connectivity index (χ3v) is 7.52. The molecule has 0 saturated carbocycles. The number of carbonyl (C=O) groups excluding carboxylic acids is 2. The molecule has 1 atom stereocenters. The van der Waals surface area contributed by atoms with Crippen molar-refractivity contribution in [3.8, 4) is 0 Å². The summed E-state index contributed by atoms with van der Waals surface area (Å²) < 4.78 is 13.4. The van der Waals surface area contributed by atoms with E-state index in [9.17, 15) is 19.1 Å². The number of nitrogens with zero attached hydrogens (tertiary/aromatic N) is 3. The number of nitrogens with one attached hydrogen (secondary N) is 1. The Kier molecular flexibility index (Phi) is 8.23. The number of hydrogen-bond acceptors (Lipinski definition) is 5. The molecule has 1 aromatic heterocycles. The van der Waals surface area contributed by atoms with Gasteiger partial charge in [0.25, 0.3) is 11.8 Å². The molecule has 9 heteroatoms. The summed E-state index contributed by atoms with van der Waals surface area (Å²) in [5.74, 6) is 0.918. The van der Waals surface area contributed by atoms with Gasteiger partial charge < -0.3 is 20.2 Å². The first-order valence-electron chi connectivity index (χ1n) is 12.2. The number of carbonyl (C=O) groups is 2. The first kappa shape index (κ1) is 25.4. The van der Waals surface area contributed by atoms with Crippen LogP contribution in [0, 0.1) is 17.7 Å². The summed E-state index contributed by atoms with van der Waals surface area (Å²) >= 11 is 6.22. The van der Waals surface area contributed by atoms with Gasteiger partial charge in [-0.25, -0.2) is 9.37 Å². The first-order valence-corrected chi connectivity index (χ1v) is 12.6. The normalized spacial score (nSPS) is 18.4. The minimum Gasteiger partial charge on any atom is -0.378 e. The van der Waals surface area contributed by atoms with Crippen molar-refractivity contribution in [1.29, 1.82) is 0 Å². The van der Waals surface area contributed by atoms with Gasteiger partial charge >= 0.3 is 0 Å². The number of benzene rings is 1. The minimum atomic E-state index is -1.32. The standard InChI is InChI=1S/C26H32ClFN4O3/c1-29-25(34)21-5-6-22(30-24(21)27)31-11-7-17(8-12-31)15-18-9-13-32(14-10-18)26(35)23(33)19-3-2-4-20(28)16-19/h2-6,16-18,23,33H,7-15H2,1H3,(H,29,34)/t23-/m1/s1. The highest BCUT2D eigenvalue weighted by Gasteiger charge is 2.30. The number of piperidine rings is 2. The molecule has 4 rings (SSSR count). The molecule has 2 aromatic rings. The van der Waals surface area contributed by atoms with Gasteiger partial charge in [-0.3, -0.25) is 9.59 Å². The molecule has 0 bridgehead atoms. The number of aliphatic hydroxyl groups excluding tert-OH is 1. The molecule has 2 N–H and O–H groups in total. The Morgan fingerprint density at radius 1 is 1.11 bits per heavy atom. The fourth-order valence-electron chi connectivity index (χ4n) is 5.16. The number of anilines is 1. The van der Waals surface area contributed by atoms with Gasteiger partial charge in [0.1, 0.15) is 16.8 Å². The zero-order valence-corrected chi connectivity index (χ0v) is 20.7. The van der Waals surface area contributed by atoms with E-state index < -0.39 is 11.9 Å². The van der Waals surface area contributed by atoms with Crippen LogP contribution in [0.4, 0.5) is 10.2 Å². The van der Waals surface area contributed by atoms with Crippen LogP contribution >= 0.6 is 11.6 Å². The van der Waals surface area contributed by atoms with Gasteiger partial charge in [-0.1, -0.05) is 23.7 Å². The molecule has 2 saturated heterocycles. The highest BCUT2D eigenvalue weighted by molar-refractivity contribution is 6.32. The molecule has 2 fully saturated rings. The largest absolute Gasteiger partial charge is 0.378 e. The summed E-state index contributed by atoms with van der Waals surface area (Å²) in [5.41, 5.74) is 0.670. The quantitative estimate of drug-likeness (QED) is 0.587. The fraction of sp³-hybridized carbons (Fsp3) is 0.500. The summed E-state index contributed by atoms with van der Waals surface area (Å²) in [4.78, 5) is 32.9. The van der Waals surface area contributed by atoms with Gasteiger partial charge in [-0.15, -0.1) is 0 Å². The number of hydrogen-bond donors (Lipinski definition) is 2. The average molecular weight is 503 g/mol. The van der Waals surface area contributed by atoms with Gasteiger partial charge in [-0.2, -0.15) is 0 Å². The van der Waals surface area contributed by atoms with E-state index in [2.05, 4.69) is 15.2 Å². The number of rotatable bonds is 6. The Labute approximate surface area is 210 Å². The molecule has 188 valence electrons. The van der Waals surface area contributed by atoms with Crippen LogP contribution in [0.15, 0.2) is 36.4 Å². The lowest BCUT2D eigenvalue weighted by molar-refractivity contribution is -0.142. The summed E-state index contributed by atoms with van der Waals surface area (Å²) in [6.07, 6.45) is 3.77. The molecule has 2 amide bonds. The third kappa shape index (κ3) is 6.11. The van der Waals surface area contributed by atoms with Gasteiger partial charge in [0.05, 0.1) is 5.56 Å². The number of halogens is 2. The van der Waals surface area contributed by atoms with Crippen LogP contribution < -0.4 is 10.2 Å². The van der Waals surface area contributed by atoms with E-state index >= 15 is 0 Å². The molecule has 2 aliphatic heterocycles. The molecule has 35 heavy (non-hydrogen) atoms. The number of pyridine rings is 1. The van der Waals surface area contributed by atoms with Crippen LogP contribution in [0.2, 0.25) is 5.15 Å². The molecule has 0 unspecified atom stereocenters. The van der Waals surface area contributed by atoms with Crippen molar-refractivity contribution < 1.29 is 19.1 Å². The van der Waals surface area contributed by atoms with E-state index in [1.807, 2.05) is 6.07 Å². The Balaban J connectivity index is 1.23. The molecule has 1 aromatic carbocycles. The maximum Gasteiger partial charge on any atom is 0.256 e. The van der Waals surface area contributed by atoms with E-state index in [0.29, 0.717) is 36.1 Å². The van der Waals surface area contributed by atoms with E-state index in [0.717, 1.165) is 51.0 Å². The fourth-order valence-corrected chi connectivity index (χ4v) is 5.39. The Bertz CT molecular complexity index is 1050. The number of amides is 2. The van der Waals surface area contributed by atoms with Crippen LogP contribution in [0.3, 0.4) is 0 Å². The van der Waals surface area contributed by atoms with Gasteiger partial charge in [0, 0.05) is 33.2 Å². The summed E-state index contributed by atoms with van der Waals surface area (Å²) in [7, 11) is 1.56. The first-order chi connectivity index (χ1) is 16.9. The van der Waals surface area contributed by atoms with E-state index in [1.54, 1.807) is 24.1 Å². The summed E-state index contributed by atoms with van der Waals surface area (Å²) in [5, 5.41) is 13.2. The van der Waals surface area contributed by atoms with E-state index in [-0.39, 0.29) is 17.0 Å². The maximum atomic E-state index is 13.4. The van der Waals surface area contributed by atoms with Crippen molar-refractivity contribution in [2.24, 2.45) is 11.8 Å². The summed E-state index contributed by atoms with van der Waals surface area (Å²) in [6.45, 7) is 3.03. The second-order valence-electron chi connectivity index (χ2n) is 9.48. The van der Waals surface area contributed by atoms with Crippen LogP contribution in [0.1, 0.15) is 54.1 Å². The summed E-state index contributed by atoms with van der Waals surface area (Å²) in [6, 6.07) is 9.15. The monoisotopic (exact) mass is 502 g/mol. The second-order valence-corrected chi connectivity index (χ2v) is 9.84. The highest BCUT2D eigenvalue weighted by Crippen LogP contribution is 2.32. The predicted octanol–water partition coefficient (Wildman–Crippen LogP) is 3.81. The van der Waals surface area contributed by atoms with Gasteiger partial charge in [-0.05, 0) is 73.8 Å². The van der Waals surface area contributed by atoms with Crippen LogP contribution in [-0.4, -0.2) is 60.0 Å². The topological polar surface area (TPSA) is 85.8 Å². The zero-order chi connectivity index (χ0) is 24.9. The van der Waals surface area contributed by atoms with Crippen molar-refractivity contribution in [1.82, 2.24) is 15.2 Å². The van der Waals surface area contributed by atoms with Crippen molar-refractivity contribution in [2.45, 2.75) is 38.2 Å². The number of likely N-dealkylation sites (tertiary alicyclic amines) is 1. The number of aliphatic hydroxyl groups is 1. The molecule has 3 heterocycles. The SMILES string of the molecule is CNC(=O)c1ccc(N2CCC(CC3CCN(C(=O)[C@H](O)c4cccc(F)c4)CC3)CC2)nc1Cl. The molecular weight excluding hydrogens is 471 g/mol. The Hall–Kier alpha value is -2.71. The van der Waals surface area contributed by atoms with Crippen molar-refractivity contribution in [2.75, 3.05) is 38.1 Å². The molecule has 0 spiro atoms. The van der Waals surface area contributed by atoms with Crippen molar-refractivity contribution in [3.63, 3.8) is 0 Å². The van der Waals surface area contributed by atoms with Crippen LogP contribution in [0.5, 0.6) is 0 Å². The zero-order valence-electron chi connectivity index (χ0n) is 19.9. The molecule has 7 nitrogen and oxygen atoms in total. The lowest BCUT2D eigenvalue weighted by Gasteiger charge is -2.37. The Morgan fingerprint density at radius 3 is 2.37 bits per heavy atom. The molecular formula is C26H32ClFN4O3. The lowest BCUT2D eigenvalue weighted by atomic mass is 9.82. The van der Waals surface area contributed by atoms with Crippen LogP contribution in [0.25, 0.3) is 0 Å². The predicted molar refractivity (Wildman–Crippen MR) is 133 cm³/mol. The van der Waals surface area contributed by atoms with Crippen molar-refractivity contribution >= 4 is 29.2 Å². The van der Waals surface area contributed by atoms with E-state index in [1.165, 1.54) is 18.2 Å². The Morgan fingerprint density at radius 2 is 1.77 bits per heavy atom. The van der Waals surface area contributed by atoms with Crippen LogP contribution in [-0.2, 0) is 4.79 Å². The second kappa shape index (κ2) is 11.4. The molecule has 2 aliphatic rings.